The lowest BCUT2D eigenvalue weighted by Gasteiger charge is -2.32. The molecule has 0 radical (unpaired) electrons. The van der Waals surface area contributed by atoms with Crippen molar-refractivity contribution in [2.75, 3.05) is 44.2 Å². The molecule has 2 rings (SSSR count). The predicted octanol–water partition coefficient (Wildman–Crippen LogP) is 1.10. The molecule has 1 heterocycles. The topological polar surface area (TPSA) is 69.7 Å². The first-order valence-electron chi connectivity index (χ1n) is 6.51. The van der Waals surface area contributed by atoms with Crippen molar-refractivity contribution in [1.82, 2.24) is 9.80 Å². The molecule has 1 fully saturated rings. The minimum absolute atomic E-state index is 0.126. The molecular formula is C13H18ClN3O3S. The van der Waals surface area contributed by atoms with E-state index in [0.717, 1.165) is 19.3 Å². The molecule has 1 N–H and O–H groups in total. The molecule has 21 heavy (non-hydrogen) atoms. The third-order valence-electron chi connectivity index (χ3n) is 3.29. The number of carbonyl (C=O) groups is 1. The van der Waals surface area contributed by atoms with Crippen LogP contribution in [-0.2, 0) is 10.0 Å². The molecule has 6 nitrogen and oxygen atoms in total. The normalized spacial score (nSPS) is 16.8. The van der Waals surface area contributed by atoms with Gasteiger partial charge in [0.2, 0.25) is 10.0 Å². The third-order valence-corrected chi connectivity index (χ3v) is 4.21. The molecule has 0 saturated carbocycles. The minimum atomic E-state index is -3.36. The molecule has 0 bridgehead atoms. The summed E-state index contributed by atoms with van der Waals surface area (Å²) in [5, 5.41) is 0.243. The summed E-state index contributed by atoms with van der Waals surface area (Å²) in [5.74, 6) is -0.126. The number of likely N-dealkylation sites (N-methyl/N-ethyl adjacent to an activating group) is 1. The van der Waals surface area contributed by atoms with Gasteiger partial charge < -0.3 is 9.80 Å². The summed E-state index contributed by atoms with van der Waals surface area (Å²) in [6, 6.07) is 4.54. The predicted molar refractivity (Wildman–Crippen MR) is 83.3 cm³/mol. The maximum Gasteiger partial charge on any atom is 0.255 e. The fourth-order valence-corrected chi connectivity index (χ4v) is 2.96. The fraction of sp³-hybridized carbons (Fsp3) is 0.462. The average molecular weight is 332 g/mol. The highest BCUT2D eigenvalue weighted by molar-refractivity contribution is 7.92. The first kappa shape index (κ1) is 16.1. The van der Waals surface area contributed by atoms with E-state index in [9.17, 15) is 13.2 Å². The third kappa shape index (κ3) is 4.33. The largest absolute Gasteiger partial charge is 0.336 e. The second kappa shape index (κ2) is 6.21. The van der Waals surface area contributed by atoms with Crippen LogP contribution in [0.2, 0.25) is 5.02 Å². The van der Waals surface area contributed by atoms with Crippen molar-refractivity contribution < 1.29 is 13.2 Å². The Balaban J connectivity index is 2.15. The summed E-state index contributed by atoms with van der Waals surface area (Å²) >= 11 is 6.11. The maximum absolute atomic E-state index is 12.4. The molecule has 0 aliphatic carbocycles. The molecule has 1 aliphatic heterocycles. The van der Waals surface area contributed by atoms with Gasteiger partial charge in [-0.15, -0.1) is 0 Å². The lowest BCUT2D eigenvalue weighted by molar-refractivity contribution is 0.0664. The van der Waals surface area contributed by atoms with E-state index in [4.69, 9.17) is 11.6 Å². The van der Waals surface area contributed by atoms with E-state index in [0.29, 0.717) is 24.3 Å². The smallest absolute Gasteiger partial charge is 0.255 e. The zero-order chi connectivity index (χ0) is 15.6. The molecule has 1 saturated heterocycles. The number of carbonyl (C=O) groups excluding carboxylic acids is 1. The van der Waals surface area contributed by atoms with E-state index < -0.39 is 10.0 Å². The highest BCUT2D eigenvalue weighted by Gasteiger charge is 2.22. The lowest BCUT2D eigenvalue weighted by Crippen LogP contribution is -2.47. The van der Waals surface area contributed by atoms with Crippen molar-refractivity contribution in [3.63, 3.8) is 0 Å². The monoisotopic (exact) mass is 331 g/mol. The molecule has 0 atom stereocenters. The van der Waals surface area contributed by atoms with Crippen molar-refractivity contribution >= 4 is 33.2 Å². The highest BCUT2D eigenvalue weighted by Crippen LogP contribution is 2.23. The first-order valence-corrected chi connectivity index (χ1v) is 8.78. The zero-order valence-electron chi connectivity index (χ0n) is 12.0. The van der Waals surface area contributed by atoms with Gasteiger partial charge in [-0.2, -0.15) is 0 Å². The van der Waals surface area contributed by atoms with Crippen molar-refractivity contribution in [2.45, 2.75) is 0 Å². The maximum atomic E-state index is 12.4. The molecule has 116 valence electrons. The summed E-state index contributed by atoms with van der Waals surface area (Å²) in [5.41, 5.74) is 0.734. The van der Waals surface area contributed by atoms with Gasteiger partial charge in [-0.05, 0) is 25.2 Å². The van der Waals surface area contributed by atoms with E-state index in [1.54, 1.807) is 11.0 Å². The van der Waals surface area contributed by atoms with Crippen LogP contribution in [0.25, 0.3) is 0 Å². The number of amides is 1. The molecule has 1 aromatic rings. The van der Waals surface area contributed by atoms with Crippen LogP contribution in [0.1, 0.15) is 10.4 Å². The number of sulfonamides is 1. The standard InChI is InChI=1S/C13H18ClN3O3S/c1-16-5-7-17(8-6-16)13(18)11-4-3-10(9-12(11)14)15-21(2,19)20/h3-4,9,15H,5-8H2,1-2H3. The number of halogens is 1. The van der Waals surface area contributed by atoms with Crippen LogP contribution < -0.4 is 4.72 Å². The van der Waals surface area contributed by atoms with Gasteiger partial charge in [0.1, 0.15) is 0 Å². The molecular weight excluding hydrogens is 314 g/mol. The quantitative estimate of drug-likeness (QED) is 0.900. The van der Waals surface area contributed by atoms with Gasteiger partial charge in [-0.1, -0.05) is 11.6 Å². The average Bonchev–Trinajstić information content (AvgIpc) is 2.37. The van der Waals surface area contributed by atoms with Gasteiger partial charge >= 0.3 is 0 Å². The van der Waals surface area contributed by atoms with E-state index in [-0.39, 0.29) is 10.9 Å². The number of hydrogen-bond acceptors (Lipinski definition) is 4. The number of rotatable bonds is 3. The molecule has 0 spiro atoms. The molecule has 8 heteroatoms. The zero-order valence-corrected chi connectivity index (χ0v) is 13.5. The number of nitrogens with one attached hydrogen (secondary N) is 1. The van der Waals surface area contributed by atoms with Gasteiger partial charge in [0.05, 0.1) is 16.8 Å². The minimum Gasteiger partial charge on any atom is -0.336 e. The van der Waals surface area contributed by atoms with Gasteiger partial charge in [-0.3, -0.25) is 9.52 Å². The Morgan fingerprint density at radius 3 is 2.38 bits per heavy atom. The molecule has 1 amide bonds. The van der Waals surface area contributed by atoms with E-state index >= 15 is 0 Å². The Morgan fingerprint density at radius 1 is 1.24 bits per heavy atom. The van der Waals surface area contributed by atoms with Gasteiger partial charge in [-0.25, -0.2) is 8.42 Å². The number of nitrogens with zero attached hydrogens (tertiary/aromatic N) is 2. The molecule has 0 aromatic heterocycles. The van der Waals surface area contributed by atoms with Crippen LogP contribution in [0.15, 0.2) is 18.2 Å². The van der Waals surface area contributed by atoms with Gasteiger partial charge in [0, 0.05) is 31.9 Å². The van der Waals surface area contributed by atoms with Crippen molar-refractivity contribution in [2.24, 2.45) is 0 Å². The lowest BCUT2D eigenvalue weighted by atomic mass is 10.1. The Labute approximate surface area is 129 Å². The SMILES string of the molecule is CN1CCN(C(=O)c2ccc(NS(C)(=O)=O)cc2Cl)CC1. The summed E-state index contributed by atoms with van der Waals surface area (Å²) in [6.45, 7) is 2.98. The number of piperazine rings is 1. The number of anilines is 1. The van der Waals surface area contributed by atoms with Crippen LogP contribution in [0.4, 0.5) is 5.69 Å². The van der Waals surface area contributed by atoms with Crippen LogP contribution in [0, 0.1) is 0 Å². The Hall–Kier alpha value is -1.31. The number of hydrogen-bond donors (Lipinski definition) is 1. The van der Waals surface area contributed by atoms with Crippen LogP contribution >= 0.6 is 11.6 Å². The van der Waals surface area contributed by atoms with E-state index in [2.05, 4.69) is 9.62 Å². The number of benzene rings is 1. The van der Waals surface area contributed by atoms with Crippen molar-refractivity contribution in [3.8, 4) is 0 Å². The van der Waals surface area contributed by atoms with Crippen LogP contribution in [0.3, 0.4) is 0 Å². The summed E-state index contributed by atoms with van der Waals surface area (Å²) in [6.07, 6.45) is 1.06. The van der Waals surface area contributed by atoms with Crippen molar-refractivity contribution in [3.05, 3.63) is 28.8 Å². The second-order valence-corrected chi connectivity index (χ2v) is 7.32. The Bertz CT molecular complexity index is 640. The first-order chi connectivity index (χ1) is 9.76. The van der Waals surface area contributed by atoms with E-state index in [1.165, 1.54) is 12.1 Å². The summed E-state index contributed by atoms with van der Waals surface area (Å²) in [4.78, 5) is 16.3. The Morgan fingerprint density at radius 2 is 1.86 bits per heavy atom. The molecule has 1 aliphatic rings. The van der Waals surface area contributed by atoms with Gasteiger partial charge in [0.15, 0.2) is 0 Å². The second-order valence-electron chi connectivity index (χ2n) is 5.16. The molecule has 0 unspecified atom stereocenters. The van der Waals surface area contributed by atoms with Crippen LogP contribution in [-0.4, -0.2) is 63.6 Å². The molecule has 1 aromatic carbocycles. The highest BCUT2D eigenvalue weighted by atomic mass is 35.5. The fourth-order valence-electron chi connectivity index (χ4n) is 2.15. The summed E-state index contributed by atoms with van der Waals surface area (Å²) < 4.78 is 24.7. The van der Waals surface area contributed by atoms with Crippen LogP contribution in [0.5, 0.6) is 0 Å². The Kier molecular flexibility index (Phi) is 4.75. The van der Waals surface area contributed by atoms with Crippen molar-refractivity contribution in [1.29, 1.82) is 0 Å². The van der Waals surface area contributed by atoms with Gasteiger partial charge in [0.25, 0.3) is 5.91 Å². The van der Waals surface area contributed by atoms with E-state index in [1.807, 2.05) is 7.05 Å². The summed E-state index contributed by atoms with van der Waals surface area (Å²) in [7, 11) is -1.35.